The molecule has 0 fully saturated rings. The molecular weight excluding hydrogens is 224 g/mol. The molecule has 0 aliphatic carbocycles. The molecule has 0 aromatic heterocycles. The van der Waals surface area contributed by atoms with Crippen molar-refractivity contribution in [3.05, 3.63) is 48.0 Å². The number of fused-ring (bicyclic) bond motifs is 1. The number of benzene rings is 2. The molecule has 0 heterocycles. The molecule has 0 N–H and O–H groups in total. The van der Waals surface area contributed by atoms with Crippen LogP contribution >= 0.6 is 15.9 Å². The fourth-order valence-electron chi connectivity index (χ4n) is 1.42. The highest BCUT2D eigenvalue weighted by Gasteiger charge is 1.94. The first-order valence-corrected chi connectivity index (χ1v) is 5.47. The van der Waals surface area contributed by atoms with Crippen molar-refractivity contribution in [2.24, 2.45) is 0 Å². The molecule has 1 radical (unpaired) electrons. The Bertz CT molecular complexity index is 407. The van der Waals surface area contributed by atoms with Gasteiger partial charge in [0.1, 0.15) is 0 Å². The van der Waals surface area contributed by atoms with Gasteiger partial charge in [-0.1, -0.05) is 46.3 Å². The van der Waals surface area contributed by atoms with Gasteiger partial charge in [-0.2, -0.15) is 0 Å². The minimum atomic E-state index is 1.00. The average molecular weight is 234 g/mol. The van der Waals surface area contributed by atoms with Crippen molar-refractivity contribution in [2.45, 2.75) is 6.42 Å². The molecular formula is C12H10Br. The third kappa shape index (κ3) is 1.92. The summed E-state index contributed by atoms with van der Waals surface area (Å²) in [5.41, 5.74) is 1.27. The van der Waals surface area contributed by atoms with E-state index in [-0.39, 0.29) is 0 Å². The molecule has 13 heavy (non-hydrogen) atoms. The quantitative estimate of drug-likeness (QED) is 0.696. The molecule has 0 saturated heterocycles. The van der Waals surface area contributed by atoms with E-state index in [4.69, 9.17) is 0 Å². The summed E-state index contributed by atoms with van der Waals surface area (Å²) in [4.78, 5) is 0. The van der Waals surface area contributed by atoms with E-state index in [1.165, 1.54) is 16.3 Å². The van der Waals surface area contributed by atoms with Crippen molar-refractivity contribution in [1.82, 2.24) is 0 Å². The Hall–Kier alpha value is -0.820. The second kappa shape index (κ2) is 3.93. The van der Waals surface area contributed by atoms with Gasteiger partial charge in [0, 0.05) is 5.33 Å². The lowest BCUT2D eigenvalue weighted by molar-refractivity contribution is 1.17. The summed E-state index contributed by atoms with van der Waals surface area (Å²) in [7, 11) is 0. The van der Waals surface area contributed by atoms with Crippen molar-refractivity contribution < 1.29 is 0 Å². The lowest BCUT2D eigenvalue weighted by Gasteiger charge is -2.00. The fraction of sp³-hybridized carbons (Fsp3) is 0.167. The lowest BCUT2D eigenvalue weighted by atomic mass is 10.1. The molecule has 2 aromatic rings. The van der Waals surface area contributed by atoms with Gasteiger partial charge in [0.25, 0.3) is 0 Å². The van der Waals surface area contributed by atoms with E-state index in [9.17, 15) is 0 Å². The summed E-state index contributed by atoms with van der Waals surface area (Å²) >= 11 is 3.43. The van der Waals surface area contributed by atoms with Gasteiger partial charge >= 0.3 is 0 Å². The van der Waals surface area contributed by atoms with Crippen molar-refractivity contribution in [3.63, 3.8) is 0 Å². The van der Waals surface area contributed by atoms with Crippen LogP contribution in [0.15, 0.2) is 36.4 Å². The first-order chi connectivity index (χ1) is 6.40. The number of halogens is 1. The largest absolute Gasteiger partial charge is 0.0924 e. The summed E-state index contributed by atoms with van der Waals surface area (Å²) < 4.78 is 0. The van der Waals surface area contributed by atoms with Gasteiger partial charge in [-0.3, -0.25) is 0 Å². The predicted molar refractivity (Wildman–Crippen MR) is 60.3 cm³/mol. The van der Waals surface area contributed by atoms with E-state index in [1.54, 1.807) is 0 Å². The van der Waals surface area contributed by atoms with Crippen LogP contribution in [-0.2, 0) is 6.42 Å². The molecule has 0 saturated carbocycles. The van der Waals surface area contributed by atoms with Gasteiger partial charge in [-0.05, 0) is 34.9 Å². The standard InChI is InChI=1S/C12H10Br/c13-8-7-10-5-6-11-3-1-2-4-12(11)9-10/h1-4,6,9H,7-8H2. The van der Waals surface area contributed by atoms with Crippen molar-refractivity contribution in [1.29, 1.82) is 0 Å². The van der Waals surface area contributed by atoms with Gasteiger partial charge in [-0.25, -0.2) is 0 Å². The van der Waals surface area contributed by atoms with Crippen LogP contribution in [-0.4, -0.2) is 5.33 Å². The van der Waals surface area contributed by atoms with Crippen LogP contribution in [0.25, 0.3) is 10.8 Å². The number of alkyl halides is 1. The highest BCUT2D eigenvalue weighted by molar-refractivity contribution is 9.09. The molecule has 0 unspecified atom stereocenters. The first kappa shape index (κ1) is 8.76. The monoisotopic (exact) mass is 233 g/mol. The van der Waals surface area contributed by atoms with Gasteiger partial charge in [0.2, 0.25) is 0 Å². The second-order valence-corrected chi connectivity index (χ2v) is 3.82. The zero-order valence-electron chi connectivity index (χ0n) is 7.26. The van der Waals surface area contributed by atoms with Crippen molar-refractivity contribution in [3.8, 4) is 0 Å². The van der Waals surface area contributed by atoms with E-state index in [0.717, 1.165) is 11.8 Å². The number of hydrogen-bond acceptors (Lipinski definition) is 0. The van der Waals surface area contributed by atoms with Crippen LogP contribution in [0.5, 0.6) is 0 Å². The fourth-order valence-corrected chi connectivity index (χ4v) is 1.85. The Labute approximate surface area is 86.7 Å². The SMILES string of the molecule is BrCCc1[c]cc2ccccc2c1. The molecule has 0 spiro atoms. The van der Waals surface area contributed by atoms with E-state index in [1.807, 2.05) is 0 Å². The predicted octanol–water partition coefficient (Wildman–Crippen LogP) is 3.58. The number of aryl methyl sites for hydroxylation is 1. The maximum atomic E-state index is 3.43. The van der Waals surface area contributed by atoms with Crippen LogP contribution in [0.3, 0.4) is 0 Å². The average Bonchev–Trinajstić information content (AvgIpc) is 2.18. The molecule has 0 aliphatic rings. The normalized spacial score (nSPS) is 10.5. The topological polar surface area (TPSA) is 0 Å². The molecule has 0 aliphatic heterocycles. The molecule has 65 valence electrons. The van der Waals surface area contributed by atoms with Crippen LogP contribution in [0.1, 0.15) is 5.56 Å². The Morgan fingerprint density at radius 1 is 1.15 bits per heavy atom. The maximum Gasteiger partial charge on any atom is 0.00720 e. The molecule has 2 aromatic carbocycles. The molecule has 0 amide bonds. The summed E-state index contributed by atoms with van der Waals surface area (Å²) in [6.45, 7) is 0. The van der Waals surface area contributed by atoms with Crippen molar-refractivity contribution in [2.75, 3.05) is 5.33 Å². The number of rotatable bonds is 2. The van der Waals surface area contributed by atoms with Gasteiger partial charge in [-0.15, -0.1) is 0 Å². The molecule has 0 bridgehead atoms. The van der Waals surface area contributed by atoms with E-state index in [2.05, 4.69) is 58.4 Å². The van der Waals surface area contributed by atoms with Crippen molar-refractivity contribution >= 4 is 26.7 Å². The molecule has 1 heteroatoms. The Balaban J connectivity index is 2.49. The molecule has 0 atom stereocenters. The summed E-state index contributed by atoms with van der Waals surface area (Å²) in [6, 6.07) is 15.9. The van der Waals surface area contributed by atoms with Crippen LogP contribution < -0.4 is 0 Å². The Kier molecular flexibility index (Phi) is 2.65. The Morgan fingerprint density at radius 3 is 2.69 bits per heavy atom. The van der Waals surface area contributed by atoms with Gasteiger partial charge in [0.15, 0.2) is 0 Å². The van der Waals surface area contributed by atoms with E-state index < -0.39 is 0 Å². The van der Waals surface area contributed by atoms with Crippen LogP contribution in [0.4, 0.5) is 0 Å². The second-order valence-electron chi connectivity index (χ2n) is 3.03. The van der Waals surface area contributed by atoms with Gasteiger partial charge < -0.3 is 0 Å². The first-order valence-electron chi connectivity index (χ1n) is 4.35. The highest BCUT2D eigenvalue weighted by Crippen LogP contribution is 2.15. The summed E-state index contributed by atoms with van der Waals surface area (Å²) in [5.74, 6) is 0. The maximum absolute atomic E-state index is 3.43. The lowest BCUT2D eigenvalue weighted by Crippen LogP contribution is -1.85. The Morgan fingerprint density at radius 2 is 1.92 bits per heavy atom. The summed E-state index contributed by atoms with van der Waals surface area (Å²) in [5, 5.41) is 3.57. The summed E-state index contributed by atoms with van der Waals surface area (Å²) in [6.07, 6.45) is 1.05. The zero-order valence-corrected chi connectivity index (χ0v) is 8.84. The smallest absolute Gasteiger partial charge is 0.00720 e. The minimum absolute atomic E-state index is 1.00. The highest BCUT2D eigenvalue weighted by atomic mass is 79.9. The van der Waals surface area contributed by atoms with E-state index in [0.29, 0.717) is 0 Å². The van der Waals surface area contributed by atoms with Gasteiger partial charge in [0.05, 0.1) is 0 Å². The van der Waals surface area contributed by atoms with E-state index >= 15 is 0 Å². The van der Waals surface area contributed by atoms with Crippen LogP contribution in [0, 0.1) is 6.07 Å². The number of hydrogen-bond donors (Lipinski definition) is 0. The third-order valence-electron chi connectivity index (χ3n) is 2.10. The van der Waals surface area contributed by atoms with Crippen LogP contribution in [0.2, 0.25) is 0 Å². The molecule has 2 rings (SSSR count). The minimum Gasteiger partial charge on any atom is -0.0924 e. The third-order valence-corrected chi connectivity index (χ3v) is 2.50. The zero-order chi connectivity index (χ0) is 9.10. The molecule has 0 nitrogen and oxygen atoms in total.